The second kappa shape index (κ2) is 9.92. The van der Waals surface area contributed by atoms with Gasteiger partial charge in [0.05, 0.1) is 0 Å². The third-order valence-electron chi connectivity index (χ3n) is 6.12. The molecule has 0 amide bonds. The molecule has 0 aliphatic heterocycles. The zero-order valence-electron chi connectivity index (χ0n) is 16.1. The van der Waals surface area contributed by atoms with E-state index in [4.69, 9.17) is 0 Å². The maximum atomic E-state index is 12.1. The van der Waals surface area contributed by atoms with Gasteiger partial charge in [-0.3, -0.25) is 0 Å². The summed E-state index contributed by atoms with van der Waals surface area (Å²) in [7, 11) is 0. The topological polar surface area (TPSA) is 20.2 Å². The number of hydrogen-bond acceptors (Lipinski definition) is 1. The summed E-state index contributed by atoms with van der Waals surface area (Å²) in [5.41, 5.74) is 1.21. The van der Waals surface area contributed by atoms with Gasteiger partial charge in [0.25, 0.3) is 0 Å². The average Bonchev–Trinajstić information content (AvgIpc) is 2.69. The van der Waals surface area contributed by atoms with Crippen molar-refractivity contribution in [2.24, 2.45) is 5.92 Å². The summed E-state index contributed by atoms with van der Waals surface area (Å²) in [4.78, 5) is 0. The van der Waals surface area contributed by atoms with Crippen molar-refractivity contribution in [1.29, 1.82) is 0 Å². The fourth-order valence-electron chi connectivity index (χ4n) is 4.60. The lowest BCUT2D eigenvalue weighted by Crippen LogP contribution is -2.36. The molecule has 0 atom stereocenters. The summed E-state index contributed by atoms with van der Waals surface area (Å²) in [5.74, 6) is 0.284. The predicted octanol–water partition coefficient (Wildman–Crippen LogP) is 6.84. The molecule has 1 saturated carbocycles. The van der Waals surface area contributed by atoms with E-state index in [2.05, 4.69) is 48.5 Å². The molecule has 1 aliphatic carbocycles. The Morgan fingerprint density at radius 3 is 1.27 bits per heavy atom. The Hall–Kier alpha value is -1.60. The second-order valence-corrected chi connectivity index (χ2v) is 7.95. The lowest BCUT2D eigenvalue weighted by Gasteiger charge is -2.38. The van der Waals surface area contributed by atoms with Crippen LogP contribution in [-0.4, -0.2) is 5.11 Å². The van der Waals surface area contributed by atoms with E-state index in [1.807, 2.05) is 12.1 Å². The van der Waals surface area contributed by atoms with Crippen LogP contribution in [0.15, 0.2) is 60.7 Å². The Morgan fingerprint density at radius 1 is 0.538 bits per heavy atom. The van der Waals surface area contributed by atoms with Crippen LogP contribution in [0.3, 0.4) is 0 Å². The van der Waals surface area contributed by atoms with Crippen molar-refractivity contribution in [3.8, 4) is 0 Å². The summed E-state index contributed by atoms with van der Waals surface area (Å²) in [5, 5.41) is 12.1. The van der Waals surface area contributed by atoms with Crippen LogP contribution in [0.5, 0.6) is 0 Å². The maximum absolute atomic E-state index is 12.1. The van der Waals surface area contributed by atoms with Crippen LogP contribution in [0.4, 0.5) is 0 Å². The molecule has 0 heterocycles. The third kappa shape index (κ3) is 4.76. The van der Waals surface area contributed by atoms with Crippen LogP contribution in [0.25, 0.3) is 0 Å². The molecular weight excluding hydrogens is 316 g/mol. The first-order valence-corrected chi connectivity index (χ1v) is 10.7. The highest BCUT2D eigenvalue weighted by Gasteiger charge is 2.39. The largest absolute Gasteiger partial charge is 0.380 e. The molecule has 0 bridgehead atoms. The lowest BCUT2D eigenvalue weighted by molar-refractivity contribution is 0.00560. The van der Waals surface area contributed by atoms with Crippen molar-refractivity contribution in [1.82, 2.24) is 0 Å². The number of hydrogen-bond donors (Lipinski definition) is 1. The zero-order chi connectivity index (χ0) is 18.1. The summed E-state index contributed by atoms with van der Waals surface area (Å²) in [6.45, 7) is 0. The first-order chi connectivity index (χ1) is 12.8. The Morgan fingerprint density at radius 2 is 0.885 bits per heavy atom. The summed E-state index contributed by atoms with van der Waals surface area (Å²) < 4.78 is 0. The monoisotopic (exact) mass is 350 g/mol. The molecule has 0 spiro atoms. The highest BCUT2D eigenvalue weighted by molar-refractivity contribution is 5.36. The van der Waals surface area contributed by atoms with Crippen molar-refractivity contribution in [3.05, 3.63) is 71.8 Å². The average molecular weight is 351 g/mol. The van der Waals surface area contributed by atoms with Crippen molar-refractivity contribution in [2.45, 2.75) is 76.2 Å². The van der Waals surface area contributed by atoms with E-state index >= 15 is 0 Å². The quantitative estimate of drug-likeness (QED) is 0.642. The van der Waals surface area contributed by atoms with E-state index < -0.39 is 5.60 Å². The number of benzene rings is 2. The summed E-state index contributed by atoms with van der Waals surface area (Å²) in [6.07, 6.45) is 14.1. The molecule has 26 heavy (non-hydrogen) atoms. The Labute approximate surface area is 159 Å². The lowest BCUT2D eigenvalue weighted by atomic mass is 9.72. The van der Waals surface area contributed by atoms with Gasteiger partial charge >= 0.3 is 0 Å². The second-order valence-electron chi connectivity index (χ2n) is 7.95. The van der Waals surface area contributed by atoms with Crippen LogP contribution < -0.4 is 0 Å². The highest BCUT2D eigenvalue weighted by Crippen LogP contribution is 2.42. The van der Waals surface area contributed by atoms with Gasteiger partial charge in [-0.05, 0) is 29.9 Å². The van der Waals surface area contributed by atoms with E-state index in [0.29, 0.717) is 0 Å². The molecule has 1 heteroatoms. The number of rotatable bonds is 3. The first-order valence-electron chi connectivity index (χ1n) is 10.7. The molecule has 0 unspecified atom stereocenters. The van der Waals surface area contributed by atoms with Gasteiger partial charge in [0.2, 0.25) is 0 Å². The van der Waals surface area contributed by atoms with Crippen LogP contribution in [-0.2, 0) is 5.60 Å². The van der Waals surface area contributed by atoms with Crippen molar-refractivity contribution in [2.75, 3.05) is 0 Å². The Bertz CT molecular complexity index is 568. The molecule has 1 N–H and O–H groups in total. The Balaban J connectivity index is 1.90. The third-order valence-corrected chi connectivity index (χ3v) is 6.12. The van der Waals surface area contributed by atoms with Gasteiger partial charge < -0.3 is 5.11 Å². The van der Waals surface area contributed by atoms with E-state index in [9.17, 15) is 5.11 Å². The minimum absolute atomic E-state index is 0.284. The summed E-state index contributed by atoms with van der Waals surface area (Å²) >= 11 is 0. The minimum Gasteiger partial charge on any atom is -0.380 e. The number of aliphatic hydroxyl groups is 1. The van der Waals surface area contributed by atoms with E-state index in [0.717, 1.165) is 24.0 Å². The van der Waals surface area contributed by atoms with Crippen molar-refractivity contribution < 1.29 is 5.11 Å². The van der Waals surface area contributed by atoms with Crippen LogP contribution >= 0.6 is 0 Å². The highest BCUT2D eigenvalue weighted by atomic mass is 16.3. The molecule has 0 aromatic heterocycles. The molecule has 0 saturated heterocycles. The standard InChI is InChI=1S/C25H34O/c26-25(23-18-12-8-13-19-23,24-20-14-9-15-21-24)22-16-10-6-4-2-1-3-5-7-11-17-22/h8-9,12-15,18-22,26H,1-7,10-11,16-17H2. The van der Waals surface area contributed by atoms with Gasteiger partial charge in [0, 0.05) is 0 Å². The van der Waals surface area contributed by atoms with E-state index in [1.165, 1.54) is 57.8 Å². The molecular formula is C25H34O. The van der Waals surface area contributed by atoms with Gasteiger partial charge in [-0.25, -0.2) is 0 Å². The van der Waals surface area contributed by atoms with Crippen LogP contribution in [0.2, 0.25) is 0 Å². The molecule has 2 aromatic rings. The molecule has 1 aliphatic rings. The zero-order valence-corrected chi connectivity index (χ0v) is 16.1. The van der Waals surface area contributed by atoms with Crippen molar-refractivity contribution >= 4 is 0 Å². The molecule has 3 rings (SSSR count). The van der Waals surface area contributed by atoms with Gasteiger partial charge in [0.1, 0.15) is 5.60 Å². The Kier molecular flexibility index (Phi) is 7.32. The predicted molar refractivity (Wildman–Crippen MR) is 110 cm³/mol. The van der Waals surface area contributed by atoms with E-state index in [1.54, 1.807) is 0 Å². The molecule has 0 radical (unpaired) electrons. The maximum Gasteiger partial charge on any atom is 0.117 e. The molecule has 1 nitrogen and oxygen atoms in total. The fourth-order valence-corrected chi connectivity index (χ4v) is 4.60. The van der Waals surface area contributed by atoms with Gasteiger partial charge in [0.15, 0.2) is 0 Å². The van der Waals surface area contributed by atoms with Crippen molar-refractivity contribution in [3.63, 3.8) is 0 Å². The van der Waals surface area contributed by atoms with E-state index in [-0.39, 0.29) is 5.92 Å². The molecule has 2 aromatic carbocycles. The molecule has 140 valence electrons. The molecule has 1 fully saturated rings. The van der Waals surface area contributed by atoms with Crippen LogP contribution in [0, 0.1) is 5.92 Å². The first kappa shape index (κ1) is 19.2. The van der Waals surface area contributed by atoms with Crippen LogP contribution in [0.1, 0.15) is 81.8 Å². The minimum atomic E-state index is -0.882. The smallest absolute Gasteiger partial charge is 0.117 e. The SMILES string of the molecule is OC(c1ccccc1)(c1ccccc1)C1CCCCCCCCCCC1. The fraction of sp³-hybridized carbons (Fsp3) is 0.520. The van der Waals surface area contributed by atoms with Gasteiger partial charge in [-0.15, -0.1) is 0 Å². The van der Waals surface area contributed by atoms with Gasteiger partial charge in [-0.2, -0.15) is 0 Å². The van der Waals surface area contributed by atoms with Gasteiger partial charge in [-0.1, -0.05) is 118 Å². The normalized spacial score (nSPS) is 18.7. The summed E-state index contributed by atoms with van der Waals surface area (Å²) in [6, 6.07) is 20.7.